The summed E-state index contributed by atoms with van der Waals surface area (Å²) in [7, 11) is 0. The van der Waals surface area contributed by atoms with Gasteiger partial charge in [-0.05, 0) is 135 Å². The minimum absolute atomic E-state index is 0.00425. The van der Waals surface area contributed by atoms with Crippen molar-refractivity contribution in [2.45, 2.75) is 172 Å². The van der Waals surface area contributed by atoms with Crippen LogP contribution < -0.4 is 42.5 Å². The van der Waals surface area contributed by atoms with Crippen molar-refractivity contribution in [3.05, 3.63) is 35.4 Å². The van der Waals surface area contributed by atoms with Crippen molar-refractivity contribution in [3.63, 3.8) is 0 Å². The van der Waals surface area contributed by atoms with Gasteiger partial charge in [0.2, 0.25) is 11.8 Å². The molecule has 0 radical (unpaired) electrons. The molecule has 0 atom stereocenters. The molecule has 0 saturated carbocycles. The van der Waals surface area contributed by atoms with Gasteiger partial charge in [-0.15, -0.1) is 0 Å². The SMILES string of the molecule is CC(C)NC(=O)C(=O)NC(C)C.CC(C)NC(=O)CCC(=O)NC(C)C.CC(C)NC(=O)NC(C)C.CC(C)NC(=O)c1ccc(C(=O)NC(C)C)cc1. The van der Waals surface area contributed by atoms with Gasteiger partial charge in [0.15, 0.2) is 0 Å². The maximum absolute atomic E-state index is 11.7. The van der Waals surface area contributed by atoms with E-state index in [0.29, 0.717) is 11.1 Å². The molecule has 0 aliphatic rings. The van der Waals surface area contributed by atoms with Crippen LogP contribution >= 0.6 is 0 Å². The fourth-order valence-corrected chi connectivity index (χ4v) is 3.70. The van der Waals surface area contributed by atoms with E-state index in [-0.39, 0.29) is 90.8 Å². The molecule has 1 rings (SSSR count). The summed E-state index contributed by atoms with van der Waals surface area (Å²) in [5.41, 5.74) is 1.12. The Kier molecular flexibility index (Phi) is 29.5. The molecule has 0 aliphatic carbocycles. The highest BCUT2D eigenvalue weighted by atomic mass is 16.2. The van der Waals surface area contributed by atoms with E-state index >= 15 is 0 Å². The molecular formula is C39H72N8O7. The van der Waals surface area contributed by atoms with Crippen molar-refractivity contribution < 1.29 is 33.6 Å². The third-order valence-corrected chi connectivity index (χ3v) is 5.61. The van der Waals surface area contributed by atoms with E-state index in [9.17, 15) is 33.6 Å². The Morgan fingerprint density at radius 3 is 0.778 bits per heavy atom. The largest absolute Gasteiger partial charge is 0.354 e. The molecule has 8 amide bonds. The van der Waals surface area contributed by atoms with Crippen LogP contribution in [0.5, 0.6) is 0 Å². The van der Waals surface area contributed by atoms with E-state index in [1.165, 1.54) is 0 Å². The third kappa shape index (κ3) is 34.4. The highest BCUT2D eigenvalue weighted by Gasteiger charge is 2.14. The summed E-state index contributed by atoms with van der Waals surface area (Å²) in [6.07, 6.45) is 0.521. The first-order valence-corrected chi connectivity index (χ1v) is 18.8. The molecule has 0 spiro atoms. The highest BCUT2D eigenvalue weighted by molar-refractivity contribution is 6.35. The Labute approximate surface area is 324 Å². The molecule has 0 aromatic heterocycles. The zero-order chi connectivity index (χ0) is 42.7. The number of hydrogen-bond acceptors (Lipinski definition) is 7. The van der Waals surface area contributed by atoms with E-state index < -0.39 is 11.8 Å². The fraction of sp³-hybridized carbons (Fsp3) is 0.667. The summed E-state index contributed by atoms with van der Waals surface area (Å²) in [5.74, 6) is -1.53. The van der Waals surface area contributed by atoms with Gasteiger partial charge in [0, 0.05) is 72.3 Å². The van der Waals surface area contributed by atoms with Crippen molar-refractivity contribution in [2.24, 2.45) is 0 Å². The van der Waals surface area contributed by atoms with Crippen LogP contribution in [0.3, 0.4) is 0 Å². The number of hydrogen-bond donors (Lipinski definition) is 8. The molecule has 0 saturated heterocycles. The molecular weight excluding hydrogens is 692 g/mol. The lowest BCUT2D eigenvalue weighted by atomic mass is 10.1. The second kappa shape index (κ2) is 29.7. The van der Waals surface area contributed by atoms with Crippen molar-refractivity contribution in [2.75, 3.05) is 0 Å². The maximum Gasteiger partial charge on any atom is 0.315 e. The van der Waals surface area contributed by atoms with Crippen molar-refractivity contribution in [1.29, 1.82) is 0 Å². The molecule has 1 aromatic carbocycles. The molecule has 0 aliphatic heterocycles. The minimum atomic E-state index is -0.571. The smallest absolute Gasteiger partial charge is 0.315 e. The number of rotatable bonds is 13. The first kappa shape index (κ1) is 53.7. The number of carbonyl (C=O) groups is 7. The number of carbonyl (C=O) groups excluding carboxylic acids is 7. The molecule has 8 N–H and O–H groups in total. The standard InChI is InChI=1S/C14H20N2O2.C10H20N2O2.C8H16N2O2.C7H16N2O/c1-9(2)15-13(17)11-5-7-12(8-6-11)14(18)16-10(3)4;1-7(2)11-9(13)5-6-10(14)12-8(3)4;1-5(2)9-7(11)8(12)10-6(3)4;1-5(2)8-7(10)9-6(3)4/h5-10H,1-4H3,(H,15,17)(H,16,18);7-8H,5-6H2,1-4H3,(H,11,13)(H,12,14);5-6H,1-4H3,(H,9,11)(H,10,12);5-6H,1-4H3,(H2,8,9,10). The predicted octanol–water partition coefficient (Wildman–Crippen LogP) is 3.92. The van der Waals surface area contributed by atoms with E-state index in [2.05, 4.69) is 42.5 Å². The van der Waals surface area contributed by atoms with Gasteiger partial charge in [0.25, 0.3) is 11.8 Å². The number of amides is 8. The first-order valence-electron chi connectivity index (χ1n) is 18.8. The lowest BCUT2D eigenvalue weighted by Crippen LogP contribution is -2.44. The summed E-state index contributed by atoms with van der Waals surface area (Å²) in [6, 6.07) is 7.42. The Morgan fingerprint density at radius 2 is 0.574 bits per heavy atom. The van der Waals surface area contributed by atoms with Crippen molar-refractivity contribution in [3.8, 4) is 0 Å². The van der Waals surface area contributed by atoms with Crippen LogP contribution in [0.1, 0.15) is 144 Å². The van der Waals surface area contributed by atoms with E-state index in [1.54, 1.807) is 52.0 Å². The van der Waals surface area contributed by atoms with E-state index in [0.717, 1.165) is 0 Å². The average Bonchev–Trinajstić information content (AvgIpc) is 2.98. The number of urea groups is 1. The van der Waals surface area contributed by atoms with Crippen LogP contribution in [0.15, 0.2) is 24.3 Å². The second-order valence-electron chi connectivity index (χ2n) is 15.0. The van der Waals surface area contributed by atoms with E-state index in [4.69, 9.17) is 0 Å². The summed E-state index contributed by atoms with van der Waals surface area (Å²) >= 11 is 0. The van der Waals surface area contributed by atoms with Gasteiger partial charge in [-0.3, -0.25) is 28.8 Å². The summed E-state index contributed by atoms with van der Waals surface area (Å²) < 4.78 is 0. The fourth-order valence-electron chi connectivity index (χ4n) is 3.70. The second-order valence-corrected chi connectivity index (χ2v) is 15.0. The van der Waals surface area contributed by atoms with Crippen LogP contribution in [0.2, 0.25) is 0 Å². The lowest BCUT2D eigenvalue weighted by Gasteiger charge is -2.11. The van der Waals surface area contributed by atoms with Crippen molar-refractivity contribution >= 4 is 41.5 Å². The lowest BCUT2D eigenvalue weighted by molar-refractivity contribution is -0.139. The molecule has 15 heteroatoms. The molecule has 1 aromatic rings. The molecule has 15 nitrogen and oxygen atoms in total. The number of nitrogens with one attached hydrogen (secondary N) is 8. The summed E-state index contributed by atoms with van der Waals surface area (Å²) in [4.78, 5) is 78.5. The van der Waals surface area contributed by atoms with Gasteiger partial charge in [-0.1, -0.05) is 0 Å². The van der Waals surface area contributed by atoms with Crippen LogP contribution in [-0.4, -0.2) is 89.8 Å². The Morgan fingerprint density at radius 1 is 0.352 bits per heavy atom. The Balaban J connectivity index is -0.000000659. The van der Waals surface area contributed by atoms with Gasteiger partial charge in [0.1, 0.15) is 0 Å². The van der Waals surface area contributed by atoms with E-state index in [1.807, 2.05) is 83.1 Å². The summed E-state index contributed by atoms with van der Waals surface area (Å²) in [6.45, 7) is 30.1. The van der Waals surface area contributed by atoms with Gasteiger partial charge in [-0.2, -0.15) is 0 Å². The van der Waals surface area contributed by atoms with Crippen LogP contribution in [0.25, 0.3) is 0 Å². The van der Waals surface area contributed by atoms with Crippen LogP contribution in [-0.2, 0) is 19.2 Å². The Bertz CT molecular complexity index is 1180. The van der Waals surface area contributed by atoms with Crippen LogP contribution in [0.4, 0.5) is 4.79 Å². The zero-order valence-electron chi connectivity index (χ0n) is 35.7. The van der Waals surface area contributed by atoms with Crippen molar-refractivity contribution in [1.82, 2.24) is 42.5 Å². The molecule has 0 fully saturated rings. The molecule has 54 heavy (non-hydrogen) atoms. The maximum atomic E-state index is 11.7. The monoisotopic (exact) mass is 765 g/mol. The van der Waals surface area contributed by atoms with Gasteiger partial charge < -0.3 is 42.5 Å². The highest BCUT2D eigenvalue weighted by Crippen LogP contribution is 2.05. The quantitative estimate of drug-likeness (QED) is 0.139. The molecule has 310 valence electrons. The Hall–Kier alpha value is -4.69. The molecule has 0 unspecified atom stereocenters. The van der Waals surface area contributed by atoms with Gasteiger partial charge >= 0.3 is 17.8 Å². The average molecular weight is 765 g/mol. The normalized spacial score (nSPS) is 10.4. The topological polar surface area (TPSA) is 216 Å². The van der Waals surface area contributed by atoms with Gasteiger partial charge in [0.05, 0.1) is 0 Å². The molecule has 0 bridgehead atoms. The third-order valence-electron chi connectivity index (χ3n) is 5.61. The zero-order valence-corrected chi connectivity index (χ0v) is 35.7. The summed E-state index contributed by atoms with van der Waals surface area (Å²) in [5, 5.41) is 21.5. The van der Waals surface area contributed by atoms with Gasteiger partial charge in [-0.25, -0.2) is 4.79 Å². The predicted molar refractivity (Wildman–Crippen MR) is 216 cm³/mol. The number of benzene rings is 1. The first-order chi connectivity index (χ1) is 24.8. The van der Waals surface area contributed by atoms with Crippen LogP contribution in [0, 0.1) is 0 Å². The molecule has 0 heterocycles. The minimum Gasteiger partial charge on any atom is -0.354 e.